The van der Waals surface area contributed by atoms with Crippen LogP contribution in [0.25, 0.3) is 17.0 Å². The number of carbonyl (C=O) groups excluding carboxylic acids is 1. The number of hydrogen-bond acceptors (Lipinski definition) is 5. The Kier molecular flexibility index (Phi) is 5.42. The van der Waals surface area contributed by atoms with Crippen molar-refractivity contribution < 1.29 is 14.7 Å². The van der Waals surface area contributed by atoms with Crippen molar-refractivity contribution in [2.75, 3.05) is 0 Å². The Morgan fingerprint density at radius 2 is 1.97 bits per heavy atom. The van der Waals surface area contributed by atoms with Crippen LogP contribution in [0.4, 0.5) is 0 Å². The maximum absolute atomic E-state index is 13.0. The number of aliphatic carboxylic acids is 1. The number of pyridine rings is 1. The predicted octanol–water partition coefficient (Wildman–Crippen LogP) is 4.13. The van der Waals surface area contributed by atoms with Crippen molar-refractivity contribution in [3.63, 3.8) is 0 Å². The third-order valence-corrected chi connectivity index (χ3v) is 5.95. The van der Waals surface area contributed by atoms with Gasteiger partial charge in [0.25, 0.3) is 5.91 Å². The summed E-state index contributed by atoms with van der Waals surface area (Å²) in [5, 5.41) is 10.7. The molecule has 0 aliphatic carbocycles. The van der Waals surface area contributed by atoms with Crippen LogP contribution in [0.1, 0.15) is 11.1 Å². The summed E-state index contributed by atoms with van der Waals surface area (Å²) in [5.74, 6) is -1.46. The molecule has 0 unspecified atom stereocenters. The Labute approximate surface area is 177 Å². The van der Waals surface area contributed by atoms with Crippen LogP contribution in [-0.2, 0) is 16.0 Å². The van der Waals surface area contributed by atoms with Gasteiger partial charge >= 0.3 is 5.97 Å². The molecule has 144 valence electrons. The van der Waals surface area contributed by atoms with Gasteiger partial charge in [0, 0.05) is 18.0 Å². The standard InChI is InChI=1S/C22H16N2O3S2/c25-20-19(13-15-8-9-17-16(11-15)7-4-10-23-17)29-22(28)24(20)18(21(26)27)12-14-5-2-1-3-6-14/h1-11,13,18H,12H2,(H,26,27)/b19-13+/t18-/m0/s1. The largest absolute Gasteiger partial charge is 0.480 e. The van der Waals surface area contributed by atoms with Crippen molar-refractivity contribution in [1.82, 2.24) is 9.88 Å². The fourth-order valence-electron chi connectivity index (χ4n) is 3.21. The maximum Gasteiger partial charge on any atom is 0.327 e. The van der Waals surface area contributed by atoms with Crippen LogP contribution in [0.5, 0.6) is 0 Å². The maximum atomic E-state index is 13.0. The predicted molar refractivity (Wildman–Crippen MR) is 118 cm³/mol. The SMILES string of the molecule is O=C(O)[C@H](Cc1ccccc1)N1C(=O)/C(=C\c2ccc3ncccc3c2)SC1=S. The van der Waals surface area contributed by atoms with Crippen molar-refractivity contribution in [2.45, 2.75) is 12.5 Å². The van der Waals surface area contributed by atoms with E-state index in [9.17, 15) is 14.7 Å². The molecule has 0 spiro atoms. The summed E-state index contributed by atoms with van der Waals surface area (Å²) in [7, 11) is 0. The van der Waals surface area contributed by atoms with Gasteiger partial charge in [0.2, 0.25) is 0 Å². The van der Waals surface area contributed by atoms with E-state index in [1.165, 1.54) is 4.90 Å². The first-order valence-corrected chi connectivity index (χ1v) is 10.1. The molecule has 1 aromatic heterocycles. The second kappa shape index (κ2) is 8.14. The highest BCUT2D eigenvalue weighted by Gasteiger charge is 2.40. The monoisotopic (exact) mass is 420 g/mol. The lowest BCUT2D eigenvalue weighted by atomic mass is 10.0. The van der Waals surface area contributed by atoms with Gasteiger partial charge in [-0.3, -0.25) is 14.7 Å². The van der Waals surface area contributed by atoms with E-state index in [1.54, 1.807) is 12.3 Å². The van der Waals surface area contributed by atoms with Crippen LogP contribution in [0.2, 0.25) is 0 Å². The molecule has 29 heavy (non-hydrogen) atoms. The average molecular weight is 421 g/mol. The number of carboxylic acids is 1. The summed E-state index contributed by atoms with van der Waals surface area (Å²) in [6, 6.07) is 17.7. The Bertz CT molecular complexity index is 1150. The molecule has 1 fully saturated rings. The molecule has 0 bridgehead atoms. The van der Waals surface area contributed by atoms with E-state index >= 15 is 0 Å². The molecule has 5 nitrogen and oxygen atoms in total. The quantitative estimate of drug-likeness (QED) is 0.494. The van der Waals surface area contributed by atoms with E-state index in [4.69, 9.17) is 12.2 Å². The average Bonchev–Trinajstić information content (AvgIpc) is 2.99. The van der Waals surface area contributed by atoms with Crippen molar-refractivity contribution in [2.24, 2.45) is 0 Å². The summed E-state index contributed by atoms with van der Waals surface area (Å²) in [4.78, 5) is 30.8. The number of carbonyl (C=O) groups is 2. The van der Waals surface area contributed by atoms with Gasteiger partial charge in [-0.25, -0.2) is 4.79 Å². The smallest absolute Gasteiger partial charge is 0.327 e. The highest BCUT2D eigenvalue weighted by Crippen LogP contribution is 2.35. The minimum atomic E-state index is -1.08. The fraction of sp³-hybridized carbons (Fsp3) is 0.0909. The molecule has 2 heterocycles. The number of nitrogens with zero attached hydrogens (tertiary/aromatic N) is 2. The number of benzene rings is 2. The highest BCUT2D eigenvalue weighted by molar-refractivity contribution is 8.26. The highest BCUT2D eigenvalue weighted by atomic mass is 32.2. The number of carboxylic acid groups (broad SMARTS) is 1. The second-order valence-electron chi connectivity index (χ2n) is 6.55. The number of amides is 1. The second-order valence-corrected chi connectivity index (χ2v) is 8.23. The van der Waals surface area contributed by atoms with Gasteiger partial charge < -0.3 is 5.11 Å². The van der Waals surface area contributed by atoms with Gasteiger partial charge in [0.15, 0.2) is 0 Å². The minimum Gasteiger partial charge on any atom is -0.480 e. The number of thioether (sulfide) groups is 1. The van der Waals surface area contributed by atoms with Crippen molar-refractivity contribution in [1.29, 1.82) is 0 Å². The summed E-state index contributed by atoms with van der Waals surface area (Å²) < 4.78 is 0.257. The van der Waals surface area contributed by atoms with Gasteiger partial charge in [-0.05, 0) is 35.4 Å². The van der Waals surface area contributed by atoms with Gasteiger partial charge in [0.1, 0.15) is 10.4 Å². The van der Waals surface area contributed by atoms with E-state index in [0.717, 1.165) is 33.8 Å². The topological polar surface area (TPSA) is 70.5 Å². The number of rotatable bonds is 5. The number of thiocarbonyl (C=S) groups is 1. The molecule has 7 heteroatoms. The van der Waals surface area contributed by atoms with Crippen LogP contribution < -0.4 is 0 Å². The number of fused-ring (bicyclic) bond motifs is 1. The number of aromatic nitrogens is 1. The van der Waals surface area contributed by atoms with Gasteiger partial charge in [-0.2, -0.15) is 0 Å². The van der Waals surface area contributed by atoms with Crippen LogP contribution in [0, 0.1) is 0 Å². The number of hydrogen-bond donors (Lipinski definition) is 1. The molecular weight excluding hydrogens is 404 g/mol. The Morgan fingerprint density at radius 3 is 2.72 bits per heavy atom. The zero-order chi connectivity index (χ0) is 20.4. The Morgan fingerprint density at radius 1 is 1.17 bits per heavy atom. The molecule has 3 aromatic rings. The lowest BCUT2D eigenvalue weighted by molar-refractivity contribution is -0.145. The molecule has 1 amide bonds. The normalized spacial score (nSPS) is 16.6. The zero-order valence-electron chi connectivity index (χ0n) is 15.2. The molecule has 1 atom stereocenters. The molecule has 1 aliphatic heterocycles. The van der Waals surface area contributed by atoms with Crippen molar-refractivity contribution >= 4 is 57.2 Å². The first-order chi connectivity index (χ1) is 14.0. The summed E-state index contributed by atoms with van der Waals surface area (Å²) in [6.45, 7) is 0. The lowest BCUT2D eigenvalue weighted by Gasteiger charge is -2.23. The van der Waals surface area contributed by atoms with Gasteiger partial charge in [0.05, 0.1) is 10.4 Å². The Balaban J connectivity index is 1.62. The molecular formula is C22H16N2O3S2. The first kappa shape index (κ1) is 19.3. The summed E-state index contributed by atoms with van der Waals surface area (Å²) >= 11 is 6.48. The Hall–Kier alpha value is -3.03. The third-order valence-electron chi connectivity index (χ3n) is 4.62. The molecule has 0 radical (unpaired) electrons. The third kappa shape index (κ3) is 4.06. The van der Waals surface area contributed by atoms with Crippen molar-refractivity contribution in [3.05, 3.63) is 82.9 Å². The summed E-state index contributed by atoms with van der Waals surface area (Å²) in [5.41, 5.74) is 2.53. The van der Waals surface area contributed by atoms with Crippen LogP contribution in [0.3, 0.4) is 0 Å². The van der Waals surface area contributed by atoms with E-state index in [2.05, 4.69) is 4.98 Å². The van der Waals surface area contributed by atoms with E-state index in [1.807, 2.05) is 60.7 Å². The van der Waals surface area contributed by atoms with Crippen LogP contribution in [-0.4, -0.2) is 37.2 Å². The fourth-order valence-corrected chi connectivity index (χ4v) is 4.57. The van der Waals surface area contributed by atoms with Crippen LogP contribution in [0.15, 0.2) is 71.8 Å². The van der Waals surface area contributed by atoms with E-state index < -0.39 is 12.0 Å². The molecule has 4 rings (SSSR count). The minimum absolute atomic E-state index is 0.192. The van der Waals surface area contributed by atoms with E-state index in [-0.39, 0.29) is 16.6 Å². The molecule has 1 N–H and O–H groups in total. The molecule has 1 saturated heterocycles. The first-order valence-electron chi connectivity index (χ1n) is 8.91. The summed E-state index contributed by atoms with van der Waals surface area (Å²) in [6.07, 6.45) is 3.66. The van der Waals surface area contributed by atoms with Gasteiger partial charge in [-0.1, -0.05) is 66.4 Å². The van der Waals surface area contributed by atoms with Crippen molar-refractivity contribution in [3.8, 4) is 0 Å². The molecule has 1 aliphatic rings. The zero-order valence-corrected chi connectivity index (χ0v) is 16.8. The van der Waals surface area contributed by atoms with Crippen LogP contribution >= 0.6 is 24.0 Å². The van der Waals surface area contributed by atoms with Gasteiger partial charge in [-0.15, -0.1) is 0 Å². The molecule has 0 saturated carbocycles. The lowest BCUT2D eigenvalue weighted by Crippen LogP contribution is -2.45. The molecule has 2 aromatic carbocycles. The van der Waals surface area contributed by atoms with E-state index in [0.29, 0.717) is 4.91 Å².